The second-order valence-electron chi connectivity index (χ2n) is 3.82. The second kappa shape index (κ2) is 3.73. The SMILES string of the molecule is Cc1ccc(-c2ccc(N)cc2)[n+](C)c1. The number of benzene rings is 1. The van der Waals surface area contributed by atoms with E-state index in [1.807, 2.05) is 24.3 Å². The van der Waals surface area contributed by atoms with Gasteiger partial charge < -0.3 is 5.73 Å². The van der Waals surface area contributed by atoms with Gasteiger partial charge in [-0.15, -0.1) is 0 Å². The van der Waals surface area contributed by atoms with E-state index in [4.69, 9.17) is 5.73 Å². The molecular weight excluding hydrogens is 184 g/mol. The zero-order valence-corrected chi connectivity index (χ0v) is 9.07. The third kappa shape index (κ3) is 1.99. The maximum Gasteiger partial charge on any atom is 0.212 e. The molecule has 15 heavy (non-hydrogen) atoms. The Morgan fingerprint density at radius 1 is 1.00 bits per heavy atom. The van der Waals surface area contributed by atoms with E-state index in [1.165, 1.54) is 16.8 Å². The van der Waals surface area contributed by atoms with Crippen molar-refractivity contribution in [1.29, 1.82) is 0 Å². The molecule has 76 valence electrons. The molecule has 2 rings (SSSR count). The largest absolute Gasteiger partial charge is 0.399 e. The fraction of sp³-hybridized carbons (Fsp3) is 0.154. The molecule has 0 aliphatic carbocycles. The summed E-state index contributed by atoms with van der Waals surface area (Å²) in [5.74, 6) is 0. The fourth-order valence-electron chi connectivity index (χ4n) is 1.70. The van der Waals surface area contributed by atoms with Crippen LogP contribution < -0.4 is 10.3 Å². The van der Waals surface area contributed by atoms with Gasteiger partial charge in [0.25, 0.3) is 0 Å². The van der Waals surface area contributed by atoms with E-state index in [-0.39, 0.29) is 0 Å². The maximum absolute atomic E-state index is 5.66. The summed E-state index contributed by atoms with van der Waals surface area (Å²) < 4.78 is 2.13. The Balaban J connectivity index is 2.49. The standard InChI is InChI=1S/C13H14N2/c1-10-3-8-13(15(2)9-10)11-4-6-12(14)7-5-11/h3-9,14H,1-2H3/p+1. The summed E-state index contributed by atoms with van der Waals surface area (Å²) in [6.45, 7) is 2.09. The summed E-state index contributed by atoms with van der Waals surface area (Å²) in [5.41, 5.74) is 10.1. The molecule has 0 saturated heterocycles. The molecule has 0 bridgehead atoms. The van der Waals surface area contributed by atoms with Crippen LogP contribution in [0.5, 0.6) is 0 Å². The number of pyridine rings is 1. The van der Waals surface area contributed by atoms with E-state index in [2.05, 4.69) is 36.9 Å². The first-order valence-corrected chi connectivity index (χ1v) is 4.99. The molecular formula is C13H15N2+. The number of hydrogen-bond acceptors (Lipinski definition) is 1. The van der Waals surface area contributed by atoms with Crippen molar-refractivity contribution in [3.05, 3.63) is 48.2 Å². The van der Waals surface area contributed by atoms with E-state index in [0.29, 0.717) is 0 Å². The molecule has 2 aromatic rings. The van der Waals surface area contributed by atoms with Crippen molar-refractivity contribution in [3.63, 3.8) is 0 Å². The zero-order chi connectivity index (χ0) is 10.8. The van der Waals surface area contributed by atoms with Gasteiger partial charge >= 0.3 is 0 Å². The number of rotatable bonds is 1. The molecule has 2 N–H and O–H groups in total. The van der Waals surface area contributed by atoms with Crippen molar-refractivity contribution in [1.82, 2.24) is 0 Å². The third-order valence-electron chi connectivity index (χ3n) is 2.49. The van der Waals surface area contributed by atoms with E-state index < -0.39 is 0 Å². The molecule has 0 unspecified atom stereocenters. The molecule has 0 aliphatic rings. The van der Waals surface area contributed by atoms with Crippen LogP contribution in [-0.2, 0) is 7.05 Å². The lowest BCUT2D eigenvalue weighted by Gasteiger charge is -2.01. The van der Waals surface area contributed by atoms with E-state index in [1.54, 1.807) is 0 Å². The van der Waals surface area contributed by atoms with Crippen molar-refractivity contribution < 1.29 is 4.57 Å². The summed E-state index contributed by atoms with van der Waals surface area (Å²) in [4.78, 5) is 0. The zero-order valence-electron chi connectivity index (χ0n) is 9.07. The lowest BCUT2D eigenvalue weighted by Crippen LogP contribution is -2.30. The quantitative estimate of drug-likeness (QED) is 0.553. The van der Waals surface area contributed by atoms with Gasteiger partial charge in [0.1, 0.15) is 7.05 Å². The summed E-state index contributed by atoms with van der Waals surface area (Å²) >= 11 is 0. The first-order valence-electron chi connectivity index (χ1n) is 4.99. The molecule has 2 nitrogen and oxygen atoms in total. The van der Waals surface area contributed by atoms with Crippen LogP contribution in [0.1, 0.15) is 5.56 Å². The first kappa shape index (κ1) is 9.71. The van der Waals surface area contributed by atoms with Gasteiger partial charge in [-0.1, -0.05) is 0 Å². The molecule has 1 heterocycles. The summed E-state index contributed by atoms with van der Waals surface area (Å²) in [7, 11) is 2.05. The minimum atomic E-state index is 0.800. The first-order chi connectivity index (χ1) is 7.16. The Morgan fingerprint density at radius 3 is 2.27 bits per heavy atom. The van der Waals surface area contributed by atoms with Crippen molar-refractivity contribution in [2.45, 2.75) is 6.92 Å². The number of anilines is 1. The predicted octanol–water partition coefficient (Wildman–Crippen LogP) is 2.07. The molecule has 0 fully saturated rings. The maximum atomic E-state index is 5.66. The molecule has 0 saturated carbocycles. The van der Waals surface area contributed by atoms with Crippen LogP contribution in [0.15, 0.2) is 42.6 Å². The Kier molecular flexibility index (Phi) is 2.42. The predicted molar refractivity (Wildman–Crippen MR) is 62.2 cm³/mol. The molecule has 0 amide bonds. The Labute approximate surface area is 90.0 Å². The Hall–Kier alpha value is -1.83. The van der Waals surface area contributed by atoms with Gasteiger partial charge in [0.05, 0.1) is 0 Å². The van der Waals surface area contributed by atoms with Crippen molar-refractivity contribution in [2.75, 3.05) is 5.73 Å². The summed E-state index contributed by atoms with van der Waals surface area (Å²) in [6.07, 6.45) is 2.12. The van der Waals surface area contributed by atoms with Crippen molar-refractivity contribution in [2.24, 2.45) is 7.05 Å². The van der Waals surface area contributed by atoms with Crippen LogP contribution in [-0.4, -0.2) is 0 Å². The molecule has 1 aromatic heterocycles. The highest BCUT2D eigenvalue weighted by atomic mass is 14.9. The topological polar surface area (TPSA) is 29.9 Å². The van der Waals surface area contributed by atoms with Gasteiger partial charge in [-0.25, -0.2) is 4.57 Å². The molecule has 1 aromatic carbocycles. The monoisotopic (exact) mass is 199 g/mol. The van der Waals surface area contributed by atoms with E-state index >= 15 is 0 Å². The second-order valence-corrected chi connectivity index (χ2v) is 3.82. The average Bonchev–Trinajstić information content (AvgIpc) is 2.20. The molecule has 0 radical (unpaired) electrons. The van der Waals surface area contributed by atoms with Gasteiger partial charge in [0.2, 0.25) is 5.69 Å². The number of nitrogen functional groups attached to an aromatic ring is 1. The smallest absolute Gasteiger partial charge is 0.212 e. The van der Waals surface area contributed by atoms with Crippen molar-refractivity contribution >= 4 is 5.69 Å². The average molecular weight is 199 g/mol. The molecule has 0 atom stereocenters. The minimum absolute atomic E-state index is 0.800. The minimum Gasteiger partial charge on any atom is -0.399 e. The summed E-state index contributed by atoms with van der Waals surface area (Å²) in [6, 6.07) is 12.2. The fourth-order valence-corrected chi connectivity index (χ4v) is 1.70. The highest BCUT2D eigenvalue weighted by Gasteiger charge is 2.08. The van der Waals surface area contributed by atoms with Crippen molar-refractivity contribution in [3.8, 4) is 11.3 Å². The van der Waals surface area contributed by atoms with Gasteiger partial charge in [0.15, 0.2) is 6.20 Å². The lowest BCUT2D eigenvalue weighted by atomic mass is 10.1. The van der Waals surface area contributed by atoms with Gasteiger partial charge in [0, 0.05) is 22.9 Å². The van der Waals surface area contributed by atoms with Crippen LogP contribution in [0, 0.1) is 6.92 Å². The van der Waals surface area contributed by atoms with Crippen LogP contribution in [0.3, 0.4) is 0 Å². The number of aryl methyl sites for hydroxylation is 2. The van der Waals surface area contributed by atoms with Gasteiger partial charge in [-0.2, -0.15) is 0 Å². The Morgan fingerprint density at radius 2 is 1.67 bits per heavy atom. The third-order valence-corrected chi connectivity index (χ3v) is 2.49. The normalized spacial score (nSPS) is 10.3. The molecule has 2 heteroatoms. The highest BCUT2D eigenvalue weighted by Crippen LogP contribution is 2.16. The highest BCUT2D eigenvalue weighted by molar-refractivity contribution is 5.59. The van der Waals surface area contributed by atoms with E-state index in [0.717, 1.165) is 5.69 Å². The number of hydrogen-bond donors (Lipinski definition) is 1. The number of nitrogens with two attached hydrogens (primary N) is 1. The molecule has 0 aliphatic heterocycles. The van der Waals surface area contributed by atoms with E-state index in [9.17, 15) is 0 Å². The summed E-state index contributed by atoms with van der Waals surface area (Å²) in [5, 5.41) is 0. The lowest BCUT2D eigenvalue weighted by molar-refractivity contribution is -0.660. The van der Waals surface area contributed by atoms with Crippen LogP contribution in [0.4, 0.5) is 5.69 Å². The van der Waals surface area contributed by atoms with Crippen LogP contribution >= 0.6 is 0 Å². The van der Waals surface area contributed by atoms with Gasteiger partial charge in [-0.3, -0.25) is 0 Å². The molecule has 0 spiro atoms. The number of aromatic nitrogens is 1. The van der Waals surface area contributed by atoms with Crippen LogP contribution in [0.2, 0.25) is 0 Å². The van der Waals surface area contributed by atoms with Gasteiger partial charge in [-0.05, 0) is 37.3 Å². The van der Waals surface area contributed by atoms with Crippen LogP contribution in [0.25, 0.3) is 11.3 Å². The Bertz CT molecular complexity index is 472. The number of nitrogens with zero attached hydrogens (tertiary/aromatic N) is 1.